The van der Waals surface area contributed by atoms with Gasteiger partial charge in [-0.3, -0.25) is 4.84 Å². The van der Waals surface area contributed by atoms with Crippen LogP contribution in [-0.2, 0) is 35.1 Å². The molecule has 0 bridgehead atoms. The fraction of sp³-hybridized carbons (Fsp3) is 0.476. The molecule has 1 fully saturated rings. The van der Waals surface area contributed by atoms with Crippen LogP contribution in [0.1, 0.15) is 19.4 Å². The highest BCUT2D eigenvalue weighted by molar-refractivity contribution is 5.82. The summed E-state index contributed by atoms with van der Waals surface area (Å²) >= 11 is 0. The topological polar surface area (TPSA) is 66.5 Å². The first kappa shape index (κ1) is 20.5. The summed E-state index contributed by atoms with van der Waals surface area (Å²) in [5, 5.41) is 1.86. The van der Waals surface area contributed by atoms with E-state index in [4.69, 9.17) is 19.0 Å². The summed E-state index contributed by atoms with van der Waals surface area (Å²) < 4.78 is 22.3. The highest BCUT2D eigenvalue weighted by Gasteiger charge is 2.45. The number of rotatable bonds is 6. The van der Waals surface area contributed by atoms with Gasteiger partial charge in [-0.1, -0.05) is 30.3 Å². The molecule has 0 aromatic heterocycles. The third kappa shape index (κ3) is 4.80. The van der Waals surface area contributed by atoms with Gasteiger partial charge < -0.3 is 18.9 Å². The van der Waals surface area contributed by atoms with Gasteiger partial charge in [-0.25, -0.2) is 4.79 Å². The van der Waals surface area contributed by atoms with Gasteiger partial charge in [0.05, 0.1) is 34.0 Å². The van der Waals surface area contributed by atoms with E-state index in [1.807, 2.05) is 49.2 Å². The van der Waals surface area contributed by atoms with E-state index in [1.54, 1.807) is 13.2 Å². The molecular formula is C21H27NO6. The van der Waals surface area contributed by atoms with Gasteiger partial charge in [0.1, 0.15) is 17.9 Å². The minimum atomic E-state index is -0.679. The van der Waals surface area contributed by atoms with Crippen molar-refractivity contribution in [1.82, 2.24) is 5.06 Å². The molecule has 2 aliphatic rings. The molecule has 0 N–H and O–H groups in total. The number of esters is 1. The van der Waals surface area contributed by atoms with Gasteiger partial charge in [0.15, 0.2) is 5.79 Å². The molecule has 0 amide bonds. The Hall–Kier alpha value is -2.19. The lowest BCUT2D eigenvalue weighted by Crippen LogP contribution is -2.49. The first-order chi connectivity index (χ1) is 13.4. The molecule has 0 unspecified atom stereocenters. The summed E-state index contributed by atoms with van der Waals surface area (Å²) in [6.07, 6.45) is 2.74. The lowest BCUT2D eigenvalue weighted by atomic mass is 10.0. The summed E-state index contributed by atoms with van der Waals surface area (Å²) in [5.41, 5.74) is 1.87. The molecule has 2 atom stereocenters. The minimum Gasteiger partial charge on any atom is -0.499 e. The lowest BCUT2D eigenvalue weighted by Gasteiger charge is -2.39. The van der Waals surface area contributed by atoms with Gasteiger partial charge >= 0.3 is 5.97 Å². The molecule has 0 spiro atoms. The van der Waals surface area contributed by atoms with Crippen LogP contribution in [0.25, 0.3) is 0 Å². The Labute approximate surface area is 165 Å². The summed E-state index contributed by atoms with van der Waals surface area (Å²) in [6, 6.07) is 9.72. The number of carbonyl (C=O) groups excluding carboxylic acids is 1. The van der Waals surface area contributed by atoms with Gasteiger partial charge in [0.2, 0.25) is 0 Å². The van der Waals surface area contributed by atoms with E-state index < -0.39 is 11.8 Å². The maximum Gasteiger partial charge on any atom is 0.330 e. The van der Waals surface area contributed by atoms with Crippen LogP contribution >= 0.6 is 0 Å². The van der Waals surface area contributed by atoms with Crippen LogP contribution in [0.3, 0.4) is 0 Å². The number of methoxy groups -OCH3 is 2. The van der Waals surface area contributed by atoms with Crippen molar-refractivity contribution in [3.8, 4) is 0 Å². The highest BCUT2D eigenvalue weighted by Crippen LogP contribution is 2.34. The van der Waals surface area contributed by atoms with Gasteiger partial charge in [-0.05, 0) is 25.5 Å². The molecule has 1 saturated heterocycles. The van der Waals surface area contributed by atoms with Crippen molar-refractivity contribution in [2.24, 2.45) is 0 Å². The maximum absolute atomic E-state index is 11.5. The molecule has 28 heavy (non-hydrogen) atoms. The van der Waals surface area contributed by atoms with Crippen LogP contribution in [0.5, 0.6) is 0 Å². The number of hydroxylamine groups is 2. The van der Waals surface area contributed by atoms with Crippen LogP contribution in [0.4, 0.5) is 0 Å². The molecule has 2 heterocycles. The van der Waals surface area contributed by atoms with E-state index in [1.165, 1.54) is 13.2 Å². The molecule has 3 rings (SSSR count). The Bertz CT molecular complexity index is 743. The molecule has 7 heteroatoms. The van der Waals surface area contributed by atoms with Crippen LogP contribution in [0.2, 0.25) is 0 Å². The van der Waals surface area contributed by atoms with Gasteiger partial charge in [0.25, 0.3) is 0 Å². The SMILES string of the molecule is COC(=O)/C=C/C1=C(OC)[C@H]([C@H]2COC(C)(C)O2)N(Cc2ccccc2)OC1. The van der Waals surface area contributed by atoms with E-state index in [-0.39, 0.29) is 18.8 Å². The number of nitrogens with zero attached hydrogens (tertiary/aromatic N) is 1. The molecule has 152 valence electrons. The van der Waals surface area contributed by atoms with E-state index in [9.17, 15) is 4.79 Å². The third-order valence-electron chi connectivity index (χ3n) is 4.69. The van der Waals surface area contributed by atoms with E-state index in [2.05, 4.69) is 4.74 Å². The van der Waals surface area contributed by atoms with Crippen molar-refractivity contribution in [2.45, 2.75) is 38.3 Å². The minimum absolute atomic E-state index is 0.275. The number of hydrogen-bond donors (Lipinski definition) is 0. The second kappa shape index (κ2) is 8.87. The average molecular weight is 389 g/mol. The van der Waals surface area contributed by atoms with Crippen molar-refractivity contribution >= 4 is 5.97 Å². The summed E-state index contributed by atoms with van der Waals surface area (Å²) in [4.78, 5) is 17.6. The lowest BCUT2D eigenvalue weighted by molar-refractivity contribution is -0.225. The molecular weight excluding hydrogens is 362 g/mol. The quantitative estimate of drug-likeness (QED) is 0.547. The van der Waals surface area contributed by atoms with Crippen LogP contribution in [-0.4, -0.2) is 56.4 Å². The summed E-state index contributed by atoms with van der Waals surface area (Å²) in [7, 11) is 2.95. The molecule has 0 aliphatic carbocycles. The number of ether oxygens (including phenoxy) is 4. The Balaban J connectivity index is 1.92. The zero-order valence-electron chi connectivity index (χ0n) is 16.7. The number of carbonyl (C=O) groups is 1. The van der Waals surface area contributed by atoms with E-state index in [0.717, 1.165) is 11.1 Å². The van der Waals surface area contributed by atoms with E-state index in [0.29, 0.717) is 18.9 Å². The van der Waals surface area contributed by atoms with Crippen LogP contribution in [0.15, 0.2) is 53.8 Å². The Morgan fingerprint density at radius 1 is 1.29 bits per heavy atom. The van der Waals surface area contributed by atoms with Gasteiger partial charge in [0, 0.05) is 11.6 Å². The van der Waals surface area contributed by atoms with Crippen molar-refractivity contribution in [3.63, 3.8) is 0 Å². The first-order valence-corrected chi connectivity index (χ1v) is 9.22. The molecule has 0 radical (unpaired) electrons. The first-order valence-electron chi connectivity index (χ1n) is 9.22. The van der Waals surface area contributed by atoms with Crippen molar-refractivity contribution in [3.05, 3.63) is 59.4 Å². The largest absolute Gasteiger partial charge is 0.499 e. The maximum atomic E-state index is 11.5. The normalized spacial score (nSPS) is 25.3. The van der Waals surface area contributed by atoms with Crippen LogP contribution in [0, 0.1) is 0 Å². The highest BCUT2D eigenvalue weighted by atomic mass is 16.8. The van der Waals surface area contributed by atoms with Crippen molar-refractivity contribution < 1.29 is 28.6 Å². The predicted molar refractivity (Wildman–Crippen MR) is 102 cm³/mol. The molecule has 1 aromatic carbocycles. The van der Waals surface area contributed by atoms with Gasteiger partial charge in [-0.15, -0.1) is 0 Å². The van der Waals surface area contributed by atoms with Gasteiger partial charge in [-0.2, -0.15) is 5.06 Å². The Morgan fingerprint density at radius 3 is 2.64 bits per heavy atom. The Morgan fingerprint density at radius 2 is 2.04 bits per heavy atom. The van der Waals surface area contributed by atoms with Crippen molar-refractivity contribution in [2.75, 3.05) is 27.4 Å². The summed E-state index contributed by atoms with van der Waals surface area (Å²) in [6.45, 7) is 5.01. The Kier molecular flexibility index (Phi) is 6.51. The van der Waals surface area contributed by atoms with E-state index >= 15 is 0 Å². The standard InChI is InChI=1S/C21H27NO6/c1-21(2)26-14-17(28-21)19-20(25-4)16(10-11-18(23)24-3)13-27-22(19)12-15-8-6-5-7-9-15/h5-11,17,19H,12-14H2,1-4H3/b11-10+/t17-,19+/m1/s1. The fourth-order valence-corrected chi connectivity index (χ4v) is 3.38. The fourth-order valence-electron chi connectivity index (χ4n) is 3.38. The zero-order chi connectivity index (χ0) is 20.1. The van der Waals surface area contributed by atoms with Crippen molar-refractivity contribution in [1.29, 1.82) is 0 Å². The monoisotopic (exact) mass is 389 g/mol. The average Bonchev–Trinajstić information content (AvgIpc) is 3.06. The summed E-state index contributed by atoms with van der Waals surface area (Å²) in [5.74, 6) is -0.428. The second-order valence-corrected chi connectivity index (χ2v) is 7.10. The number of benzene rings is 1. The smallest absolute Gasteiger partial charge is 0.330 e. The molecule has 7 nitrogen and oxygen atoms in total. The van der Waals surface area contributed by atoms with Crippen LogP contribution < -0.4 is 0 Å². The predicted octanol–water partition coefficient (Wildman–Crippen LogP) is 2.58. The third-order valence-corrected chi connectivity index (χ3v) is 4.69. The number of hydrogen-bond acceptors (Lipinski definition) is 7. The molecule has 2 aliphatic heterocycles. The molecule has 1 aromatic rings. The zero-order valence-corrected chi connectivity index (χ0v) is 16.7. The second-order valence-electron chi connectivity index (χ2n) is 7.10. The molecule has 0 saturated carbocycles.